The maximum atomic E-state index is 12.9. The molecule has 0 N–H and O–H groups in total. The van der Waals surface area contributed by atoms with Gasteiger partial charge in [-0.25, -0.2) is 0 Å². The zero-order valence-electron chi connectivity index (χ0n) is 48.0. The summed E-state index contributed by atoms with van der Waals surface area (Å²) < 4.78 is 17.0. The van der Waals surface area contributed by atoms with Gasteiger partial charge in [0.15, 0.2) is 6.10 Å². The minimum absolute atomic E-state index is 0.0611. The number of carbonyl (C=O) groups excluding carboxylic acids is 3. The maximum Gasteiger partial charge on any atom is 0.306 e. The molecule has 6 heteroatoms. The largest absolute Gasteiger partial charge is 0.462 e. The molecule has 0 aliphatic heterocycles. The molecule has 0 unspecified atom stereocenters. The second-order valence-corrected chi connectivity index (χ2v) is 22.5. The van der Waals surface area contributed by atoms with Crippen LogP contribution in [0.5, 0.6) is 0 Å². The van der Waals surface area contributed by atoms with Crippen LogP contribution in [0.2, 0.25) is 0 Å². The predicted molar refractivity (Wildman–Crippen MR) is 303 cm³/mol. The first kappa shape index (κ1) is 68.4. The van der Waals surface area contributed by atoms with Crippen molar-refractivity contribution >= 4 is 17.9 Å². The van der Waals surface area contributed by atoms with Crippen molar-refractivity contribution in [2.75, 3.05) is 13.2 Å². The van der Waals surface area contributed by atoms with Crippen LogP contribution in [0.25, 0.3) is 0 Å². The van der Waals surface area contributed by atoms with Gasteiger partial charge < -0.3 is 14.2 Å². The number of esters is 3. The summed E-state index contributed by atoms with van der Waals surface area (Å²) in [6, 6.07) is 0. The van der Waals surface area contributed by atoms with Gasteiger partial charge in [0.25, 0.3) is 0 Å². The molecule has 0 spiro atoms. The van der Waals surface area contributed by atoms with E-state index in [1.54, 1.807) is 0 Å². The molecule has 0 fully saturated rings. The summed E-state index contributed by atoms with van der Waals surface area (Å²) in [5, 5.41) is 0. The Labute approximate surface area is 438 Å². The molecule has 0 heterocycles. The maximum absolute atomic E-state index is 12.9. The Balaban J connectivity index is 4.28. The summed E-state index contributed by atoms with van der Waals surface area (Å²) in [6.45, 7) is 9.10. The standard InChI is InChI=1S/C64H124O6/c1-5-7-9-11-13-15-17-19-21-23-24-28-31-35-39-43-47-51-55-62(65)68-58-61(70-64(67)57-53-49-45-41-37-33-27-22-20-18-16-14-12-10-8-6-2)59-69-63(66)56-52-48-44-40-36-32-29-25-26-30-34-38-42-46-50-54-60(3)4/h60-61H,5-59H2,1-4H3/t61-/m0/s1. The van der Waals surface area contributed by atoms with Crippen molar-refractivity contribution in [2.45, 2.75) is 374 Å². The number of hydrogen-bond donors (Lipinski definition) is 0. The minimum Gasteiger partial charge on any atom is -0.462 e. The highest BCUT2D eigenvalue weighted by molar-refractivity contribution is 5.71. The van der Waals surface area contributed by atoms with Crippen molar-refractivity contribution in [3.8, 4) is 0 Å². The first-order chi connectivity index (χ1) is 34.4. The Morgan fingerprint density at radius 2 is 0.471 bits per heavy atom. The smallest absolute Gasteiger partial charge is 0.306 e. The van der Waals surface area contributed by atoms with Crippen molar-refractivity contribution in [2.24, 2.45) is 5.92 Å². The molecule has 416 valence electrons. The van der Waals surface area contributed by atoms with E-state index in [2.05, 4.69) is 27.7 Å². The normalized spacial score (nSPS) is 12.0. The van der Waals surface area contributed by atoms with Gasteiger partial charge >= 0.3 is 17.9 Å². The Morgan fingerprint density at radius 3 is 0.700 bits per heavy atom. The topological polar surface area (TPSA) is 78.9 Å². The number of carbonyl (C=O) groups is 3. The monoisotopic (exact) mass is 989 g/mol. The molecule has 0 radical (unpaired) electrons. The van der Waals surface area contributed by atoms with Crippen LogP contribution < -0.4 is 0 Å². The van der Waals surface area contributed by atoms with Crippen LogP contribution in [0, 0.1) is 5.92 Å². The zero-order valence-corrected chi connectivity index (χ0v) is 48.0. The lowest BCUT2D eigenvalue weighted by Gasteiger charge is -2.18. The van der Waals surface area contributed by atoms with Crippen molar-refractivity contribution < 1.29 is 28.6 Å². The Hall–Kier alpha value is -1.59. The number of rotatable bonds is 59. The van der Waals surface area contributed by atoms with Gasteiger partial charge in [0.1, 0.15) is 13.2 Å². The zero-order chi connectivity index (χ0) is 50.9. The van der Waals surface area contributed by atoms with E-state index < -0.39 is 6.10 Å². The first-order valence-corrected chi connectivity index (χ1v) is 31.9. The summed E-state index contributed by atoms with van der Waals surface area (Å²) >= 11 is 0. The molecule has 70 heavy (non-hydrogen) atoms. The molecule has 0 aromatic heterocycles. The minimum atomic E-state index is -0.763. The van der Waals surface area contributed by atoms with Crippen molar-refractivity contribution in [3.63, 3.8) is 0 Å². The molecule has 0 amide bonds. The summed E-state index contributed by atoms with van der Waals surface area (Å²) in [4.78, 5) is 38.3. The Bertz CT molecular complexity index is 1060. The number of ether oxygens (including phenoxy) is 3. The van der Waals surface area contributed by atoms with Crippen LogP contribution in [0.1, 0.15) is 368 Å². The Kier molecular flexibility index (Phi) is 57.0. The molecule has 0 aliphatic rings. The molecule has 0 saturated heterocycles. The third-order valence-electron chi connectivity index (χ3n) is 14.8. The lowest BCUT2D eigenvalue weighted by molar-refractivity contribution is -0.167. The van der Waals surface area contributed by atoms with Gasteiger partial charge in [-0.2, -0.15) is 0 Å². The SMILES string of the molecule is CCCCCCCCCCCCCCCCCCCCC(=O)OC[C@@H](COC(=O)CCCCCCCCCCCCCCCCCC(C)C)OC(=O)CCCCCCCCCCCCCCCCCC. The van der Waals surface area contributed by atoms with E-state index >= 15 is 0 Å². The summed E-state index contributed by atoms with van der Waals surface area (Å²) in [5.74, 6) is 0.0220. The van der Waals surface area contributed by atoms with Crippen LogP contribution in [-0.2, 0) is 28.6 Å². The van der Waals surface area contributed by atoms with Gasteiger partial charge in [-0.3, -0.25) is 14.4 Å². The van der Waals surface area contributed by atoms with Gasteiger partial charge in [0.2, 0.25) is 0 Å². The van der Waals surface area contributed by atoms with E-state index in [0.29, 0.717) is 19.3 Å². The second-order valence-electron chi connectivity index (χ2n) is 22.5. The molecule has 0 aliphatic carbocycles. The third kappa shape index (κ3) is 57.3. The average Bonchev–Trinajstić information content (AvgIpc) is 3.35. The molecule has 0 aromatic rings. The van der Waals surface area contributed by atoms with E-state index in [-0.39, 0.29) is 31.1 Å². The quantitative estimate of drug-likeness (QED) is 0.0343. The van der Waals surface area contributed by atoms with Crippen LogP contribution in [0.4, 0.5) is 0 Å². The number of unbranched alkanes of at least 4 members (excludes halogenated alkanes) is 46. The fourth-order valence-corrected chi connectivity index (χ4v) is 9.99. The molecule has 0 bridgehead atoms. The van der Waals surface area contributed by atoms with Crippen LogP contribution in [0.15, 0.2) is 0 Å². The highest BCUT2D eigenvalue weighted by Crippen LogP contribution is 2.19. The molecule has 0 saturated carbocycles. The number of hydrogen-bond acceptors (Lipinski definition) is 6. The van der Waals surface area contributed by atoms with Crippen LogP contribution in [0.3, 0.4) is 0 Å². The van der Waals surface area contributed by atoms with Crippen molar-refractivity contribution in [3.05, 3.63) is 0 Å². The van der Waals surface area contributed by atoms with E-state index in [0.717, 1.165) is 63.7 Å². The van der Waals surface area contributed by atoms with Crippen molar-refractivity contribution in [1.29, 1.82) is 0 Å². The summed E-state index contributed by atoms with van der Waals surface area (Å²) in [7, 11) is 0. The fraction of sp³-hybridized carbons (Fsp3) is 0.953. The lowest BCUT2D eigenvalue weighted by Crippen LogP contribution is -2.30. The highest BCUT2D eigenvalue weighted by atomic mass is 16.6. The molecule has 6 nitrogen and oxygen atoms in total. The molecule has 0 aromatic carbocycles. The first-order valence-electron chi connectivity index (χ1n) is 31.9. The predicted octanol–water partition coefficient (Wildman–Crippen LogP) is 21.4. The van der Waals surface area contributed by atoms with Crippen molar-refractivity contribution in [1.82, 2.24) is 0 Å². The summed E-state index contributed by atoms with van der Waals surface area (Å²) in [6.07, 6.45) is 65.3. The van der Waals surface area contributed by atoms with E-state index in [9.17, 15) is 14.4 Å². The lowest BCUT2D eigenvalue weighted by atomic mass is 10.0. The Morgan fingerprint density at radius 1 is 0.271 bits per heavy atom. The van der Waals surface area contributed by atoms with Gasteiger partial charge in [-0.1, -0.05) is 329 Å². The summed E-state index contributed by atoms with van der Waals surface area (Å²) in [5.41, 5.74) is 0. The van der Waals surface area contributed by atoms with Gasteiger partial charge in [-0.15, -0.1) is 0 Å². The van der Waals surface area contributed by atoms with E-state index in [1.807, 2.05) is 0 Å². The molecule has 0 rings (SSSR count). The van der Waals surface area contributed by atoms with Gasteiger partial charge in [0, 0.05) is 19.3 Å². The average molecular weight is 990 g/mol. The molecular weight excluding hydrogens is 865 g/mol. The van der Waals surface area contributed by atoms with Crippen LogP contribution >= 0.6 is 0 Å². The van der Waals surface area contributed by atoms with E-state index in [4.69, 9.17) is 14.2 Å². The molecular formula is C64H124O6. The van der Waals surface area contributed by atoms with Crippen LogP contribution in [-0.4, -0.2) is 37.2 Å². The molecule has 1 atom stereocenters. The van der Waals surface area contributed by atoms with E-state index in [1.165, 1.54) is 263 Å². The fourth-order valence-electron chi connectivity index (χ4n) is 9.99. The van der Waals surface area contributed by atoms with Gasteiger partial charge in [0.05, 0.1) is 0 Å². The third-order valence-corrected chi connectivity index (χ3v) is 14.8. The van der Waals surface area contributed by atoms with Gasteiger partial charge in [-0.05, 0) is 25.2 Å². The highest BCUT2D eigenvalue weighted by Gasteiger charge is 2.19. The second kappa shape index (κ2) is 58.3.